The maximum Gasteiger partial charge on any atom is 0.160 e. The van der Waals surface area contributed by atoms with E-state index in [0.717, 1.165) is 13.0 Å². The molecule has 0 saturated carbocycles. The Kier molecular flexibility index (Phi) is 5.42. The standard InChI is InChI=1S/C15H25NO.ClH/c1-12-9-14(17)13(15(2,3)10-12)11-16-7-5-4-6-8-16;/h9,13H,4-8,10-11H2,1-3H3;1H. The SMILES string of the molecule is CC1=CC(=O)C(CN2CCCCC2)C(C)(C)C1.Cl. The molecule has 1 heterocycles. The van der Waals surface area contributed by atoms with Crippen LogP contribution in [0, 0.1) is 11.3 Å². The molecule has 0 aromatic heterocycles. The van der Waals surface area contributed by atoms with E-state index in [1.54, 1.807) is 0 Å². The van der Waals surface area contributed by atoms with Gasteiger partial charge < -0.3 is 4.90 Å². The van der Waals surface area contributed by atoms with Gasteiger partial charge in [0, 0.05) is 12.5 Å². The Morgan fingerprint density at radius 3 is 2.44 bits per heavy atom. The minimum absolute atomic E-state index is 0. The van der Waals surface area contributed by atoms with Gasteiger partial charge in [-0.2, -0.15) is 0 Å². The quantitative estimate of drug-likeness (QED) is 0.767. The minimum atomic E-state index is 0. The molecule has 1 atom stereocenters. The van der Waals surface area contributed by atoms with E-state index >= 15 is 0 Å². The van der Waals surface area contributed by atoms with Crippen molar-refractivity contribution in [3.05, 3.63) is 11.6 Å². The average Bonchev–Trinajstić information content (AvgIpc) is 2.24. The van der Waals surface area contributed by atoms with E-state index in [2.05, 4.69) is 25.7 Å². The Labute approximate surface area is 117 Å². The van der Waals surface area contributed by atoms with E-state index < -0.39 is 0 Å². The Morgan fingerprint density at radius 2 is 1.89 bits per heavy atom. The molecule has 1 aliphatic carbocycles. The molecule has 1 aliphatic heterocycles. The minimum Gasteiger partial charge on any atom is -0.303 e. The number of piperidine rings is 1. The first-order valence-electron chi connectivity index (χ1n) is 6.92. The van der Waals surface area contributed by atoms with E-state index in [1.165, 1.54) is 37.9 Å². The van der Waals surface area contributed by atoms with Crippen molar-refractivity contribution in [1.82, 2.24) is 4.90 Å². The number of likely N-dealkylation sites (tertiary alicyclic amines) is 1. The number of nitrogens with zero attached hydrogens (tertiary/aromatic N) is 1. The van der Waals surface area contributed by atoms with Crippen molar-refractivity contribution in [2.45, 2.75) is 46.5 Å². The number of rotatable bonds is 2. The highest BCUT2D eigenvalue weighted by Crippen LogP contribution is 2.39. The zero-order valence-corrected chi connectivity index (χ0v) is 12.7. The van der Waals surface area contributed by atoms with Crippen LogP contribution in [0.5, 0.6) is 0 Å². The topological polar surface area (TPSA) is 20.3 Å². The summed E-state index contributed by atoms with van der Waals surface area (Å²) in [5.41, 5.74) is 1.38. The Balaban J connectivity index is 0.00000162. The largest absolute Gasteiger partial charge is 0.303 e. The summed E-state index contributed by atoms with van der Waals surface area (Å²) in [5, 5.41) is 0. The third kappa shape index (κ3) is 3.58. The molecule has 0 spiro atoms. The molecule has 0 aromatic carbocycles. The lowest BCUT2D eigenvalue weighted by molar-refractivity contribution is -0.123. The fourth-order valence-corrected chi connectivity index (χ4v) is 3.36. The van der Waals surface area contributed by atoms with Crippen molar-refractivity contribution in [1.29, 1.82) is 0 Å². The molecule has 0 radical (unpaired) electrons. The van der Waals surface area contributed by atoms with Crippen LogP contribution in [0.2, 0.25) is 0 Å². The summed E-state index contributed by atoms with van der Waals surface area (Å²) in [6.07, 6.45) is 6.90. The molecule has 1 fully saturated rings. The highest BCUT2D eigenvalue weighted by Gasteiger charge is 2.38. The molecular weight excluding hydrogens is 246 g/mol. The smallest absolute Gasteiger partial charge is 0.160 e. The molecule has 0 bridgehead atoms. The number of carbonyl (C=O) groups is 1. The van der Waals surface area contributed by atoms with Gasteiger partial charge in [-0.15, -0.1) is 12.4 Å². The summed E-state index contributed by atoms with van der Waals surface area (Å²) in [7, 11) is 0. The lowest BCUT2D eigenvalue weighted by Crippen LogP contribution is -2.44. The highest BCUT2D eigenvalue weighted by molar-refractivity contribution is 5.94. The molecule has 1 saturated heterocycles. The van der Waals surface area contributed by atoms with Crippen LogP contribution in [0.4, 0.5) is 0 Å². The number of ketones is 1. The van der Waals surface area contributed by atoms with Gasteiger partial charge in [0.15, 0.2) is 5.78 Å². The third-order valence-corrected chi connectivity index (χ3v) is 4.30. The van der Waals surface area contributed by atoms with Gasteiger partial charge in [0.25, 0.3) is 0 Å². The van der Waals surface area contributed by atoms with E-state index in [1.807, 2.05) is 6.08 Å². The van der Waals surface area contributed by atoms with Gasteiger partial charge in [-0.25, -0.2) is 0 Å². The van der Waals surface area contributed by atoms with Gasteiger partial charge in [-0.1, -0.05) is 25.8 Å². The number of halogens is 1. The first kappa shape index (κ1) is 15.7. The molecular formula is C15H26ClNO. The monoisotopic (exact) mass is 271 g/mol. The molecule has 0 aromatic rings. The fraction of sp³-hybridized carbons (Fsp3) is 0.800. The molecule has 2 rings (SSSR count). The van der Waals surface area contributed by atoms with E-state index in [-0.39, 0.29) is 23.7 Å². The molecule has 3 heteroatoms. The van der Waals surface area contributed by atoms with Crippen LogP contribution in [0.1, 0.15) is 46.5 Å². The third-order valence-electron chi connectivity index (χ3n) is 4.30. The van der Waals surface area contributed by atoms with Crippen LogP contribution in [0.15, 0.2) is 11.6 Å². The molecule has 2 aliphatic rings. The van der Waals surface area contributed by atoms with Crippen LogP contribution in [0.25, 0.3) is 0 Å². The summed E-state index contributed by atoms with van der Waals surface area (Å²) >= 11 is 0. The Bertz CT molecular complexity index is 329. The van der Waals surface area contributed by atoms with Gasteiger partial charge in [0.1, 0.15) is 0 Å². The van der Waals surface area contributed by atoms with Gasteiger partial charge in [0.05, 0.1) is 0 Å². The molecule has 104 valence electrons. The second-order valence-corrected chi connectivity index (χ2v) is 6.47. The summed E-state index contributed by atoms with van der Waals surface area (Å²) in [6, 6.07) is 0. The summed E-state index contributed by atoms with van der Waals surface area (Å²) in [4.78, 5) is 14.7. The highest BCUT2D eigenvalue weighted by atomic mass is 35.5. The average molecular weight is 272 g/mol. The summed E-state index contributed by atoms with van der Waals surface area (Å²) in [5.74, 6) is 0.550. The molecule has 0 amide bonds. The van der Waals surface area contributed by atoms with Crippen molar-refractivity contribution in [3.63, 3.8) is 0 Å². The number of hydrogen-bond donors (Lipinski definition) is 0. The van der Waals surface area contributed by atoms with Gasteiger partial charge >= 0.3 is 0 Å². The van der Waals surface area contributed by atoms with Crippen LogP contribution >= 0.6 is 12.4 Å². The van der Waals surface area contributed by atoms with Crippen molar-refractivity contribution in [3.8, 4) is 0 Å². The van der Waals surface area contributed by atoms with Gasteiger partial charge in [0.2, 0.25) is 0 Å². The Hall–Kier alpha value is -0.340. The van der Waals surface area contributed by atoms with Crippen LogP contribution in [0.3, 0.4) is 0 Å². The van der Waals surface area contributed by atoms with Crippen LogP contribution in [-0.2, 0) is 4.79 Å². The summed E-state index contributed by atoms with van der Waals surface area (Å²) in [6.45, 7) is 9.91. The van der Waals surface area contributed by atoms with Crippen molar-refractivity contribution in [2.75, 3.05) is 19.6 Å². The Morgan fingerprint density at radius 1 is 1.28 bits per heavy atom. The molecule has 0 N–H and O–H groups in total. The second-order valence-electron chi connectivity index (χ2n) is 6.47. The maximum atomic E-state index is 12.2. The van der Waals surface area contributed by atoms with E-state index in [0.29, 0.717) is 5.78 Å². The van der Waals surface area contributed by atoms with Crippen molar-refractivity contribution < 1.29 is 4.79 Å². The number of carbonyl (C=O) groups excluding carboxylic acids is 1. The maximum absolute atomic E-state index is 12.2. The van der Waals surface area contributed by atoms with E-state index in [9.17, 15) is 4.79 Å². The molecule has 18 heavy (non-hydrogen) atoms. The lowest BCUT2D eigenvalue weighted by atomic mass is 9.68. The molecule has 1 unspecified atom stereocenters. The van der Waals surface area contributed by atoms with Crippen LogP contribution < -0.4 is 0 Å². The summed E-state index contributed by atoms with van der Waals surface area (Å²) < 4.78 is 0. The second kappa shape index (κ2) is 6.21. The first-order valence-corrected chi connectivity index (χ1v) is 6.92. The number of allylic oxidation sites excluding steroid dienone is 2. The van der Waals surface area contributed by atoms with Crippen molar-refractivity contribution in [2.24, 2.45) is 11.3 Å². The predicted molar refractivity (Wildman–Crippen MR) is 78.2 cm³/mol. The predicted octanol–water partition coefficient (Wildman–Crippen LogP) is 3.46. The lowest BCUT2D eigenvalue weighted by Gasteiger charge is -2.40. The fourth-order valence-electron chi connectivity index (χ4n) is 3.36. The first-order chi connectivity index (χ1) is 7.99. The number of hydrogen-bond acceptors (Lipinski definition) is 2. The van der Waals surface area contributed by atoms with Gasteiger partial charge in [-0.05, 0) is 50.8 Å². The van der Waals surface area contributed by atoms with Crippen LogP contribution in [-0.4, -0.2) is 30.3 Å². The molecule has 2 nitrogen and oxygen atoms in total. The van der Waals surface area contributed by atoms with Gasteiger partial charge in [-0.3, -0.25) is 4.79 Å². The zero-order chi connectivity index (χ0) is 12.5. The normalized spacial score (nSPS) is 28.5. The van der Waals surface area contributed by atoms with Crippen molar-refractivity contribution >= 4 is 18.2 Å². The van der Waals surface area contributed by atoms with E-state index in [4.69, 9.17) is 0 Å². The zero-order valence-electron chi connectivity index (χ0n) is 11.9.